The number of benzene rings is 1. The van der Waals surface area contributed by atoms with Gasteiger partial charge in [0.2, 0.25) is 0 Å². The molecule has 3 rings (SSSR count). The van der Waals surface area contributed by atoms with Crippen LogP contribution in [0.3, 0.4) is 0 Å². The summed E-state index contributed by atoms with van der Waals surface area (Å²) in [5.41, 5.74) is 3.47. The normalized spacial score (nSPS) is 12.9. The average Bonchev–Trinajstić information content (AvgIpc) is 3.05. The number of aromatic nitrogens is 4. The predicted molar refractivity (Wildman–Crippen MR) is 79.5 cm³/mol. The van der Waals surface area contributed by atoms with Gasteiger partial charge in [-0.25, -0.2) is 4.98 Å². The van der Waals surface area contributed by atoms with Crippen LogP contribution in [-0.4, -0.2) is 32.4 Å². The van der Waals surface area contributed by atoms with Crippen molar-refractivity contribution in [3.05, 3.63) is 48.5 Å². The molecular formula is C15H19N5. The molecule has 1 atom stereocenters. The molecule has 5 nitrogen and oxygen atoms in total. The highest BCUT2D eigenvalue weighted by Gasteiger charge is 2.11. The Hall–Kier alpha value is -2.14. The van der Waals surface area contributed by atoms with Crippen LogP contribution in [0, 0.1) is 0 Å². The molecule has 1 N–H and O–H groups in total. The quantitative estimate of drug-likeness (QED) is 0.765. The van der Waals surface area contributed by atoms with E-state index in [9.17, 15) is 0 Å². The molecule has 0 spiro atoms. The van der Waals surface area contributed by atoms with Crippen LogP contribution in [0.2, 0.25) is 0 Å². The van der Waals surface area contributed by atoms with Gasteiger partial charge in [0, 0.05) is 25.8 Å². The molecule has 0 aliphatic rings. The van der Waals surface area contributed by atoms with E-state index in [0.717, 1.165) is 18.5 Å². The van der Waals surface area contributed by atoms with Gasteiger partial charge in [0.1, 0.15) is 0 Å². The number of nitrogens with one attached hydrogen (secondary N) is 1. The minimum Gasteiger partial charge on any atom is -0.329 e. The first-order valence-corrected chi connectivity index (χ1v) is 6.81. The molecule has 0 aliphatic heterocycles. The van der Waals surface area contributed by atoms with E-state index in [0.29, 0.717) is 6.04 Å². The maximum absolute atomic E-state index is 4.44. The van der Waals surface area contributed by atoms with Gasteiger partial charge in [-0.1, -0.05) is 12.1 Å². The van der Waals surface area contributed by atoms with E-state index < -0.39 is 0 Å². The maximum atomic E-state index is 4.44. The van der Waals surface area contributed by atoms with Crippen molar-refractivity contribution in [1.29, 1.82) is 0 Å². The summed E-state index contributed by atoms with van der Waals surface area (Å²) >= 11 is 0. The topological polar surface area (TPSA) is 47.7 Å². The number of hydrogen-bond acceptors (Lipinski definition) is 3. The monoisotopic (exact) mass is 269 g/mol. The molecule has 0 saturated heterocycles. The van der Waals surface area contributed by atoms with E-state index in [1.165, 1.54) is 11.1 Å². The molecule has 0 bridgehead atoms. The summed E-state index contributed by atoms with van der Waals surface area (Å²) in [5.74, 6) is 0. The molecule has 0 fully saturated rings. The number of para-hydroxylation sites is 2. The number of rotatable bonds is 5. The Balaban J connectivity index is 1.77. The van der Waals surface area contributed by atoms with Crippen molar-refractivity contribution < 1.29 is 0 Å². The Morgan fingerprint density at radius 1 is 1.30 bits per heavy atom. The largest absolute Gasteiger partial charge is 0.329 e. The smallest absolute Gasteiger partial charge is 0.0958 e. The Kier molecular flexibility index (Phi) is 3.52. The van der Waals surface area contributed by atoms with E-state index in [-0.39, 0.29) is 0 Å². The molecular weight excluding hydrogens is 250 g/mol. The summed E-state index contributed by atoms with van der Waals surface area (Å²) in [7, 11) is 3.95. The molecule has 20 heavy (non-hydrogen) atoms. The van der Waals surface area contributed by atoms with Crippen molar-refractivity contribution in [2.45, 2.75) is 19.0 Å². The summed E-state index contributed by atoms with van der Waals surface area (Å²) in [6.07, 6.45) is 6.86. The summed E-state index contributed by atoms with van der Waals surface area (Å²) in [6.45, 7) is 0.895. The van der Waals surface area contributed by atoms with E-state index in [1.54, 1.807) is 0 Å². The number of likely N-dealkylation sites (N-methyl/N-ethyl adjacent to an activating group) is 1. The second kappa shape index (κ2) is 5.46. The molecule has 5 heteroatoms. The maximum Gasteiger partial charge on any atom is 0.0958 e. The second-order valence-electron chi connectivity index (χ2n) is 5.10. The zero-order valence-corrected chi connectivity index (χ0v) is 11.8. The van der Waals surface area contributed by atoms with Crippen LogP contribution in [0.5, 0.6) is 0 Å². The van der Waals surface area contributed by atoms with Crippen LogP contribution in [-0.2, 0) is 20.0 Å². The van der Waals surface area contributed by atoms with Crippen LogP contribution in [0.25, 0.3) is 11.0 Å². The van der Waals surface area contributed by atoms with Gasteiger partial charge in [0.25, 0.3) is 0 Å². The lowest BCUT2D eigenvalue weighted by atomic mass is 10.1. The Bertz CT molecular complexity index is 697. The van der Waals surface area contributed by atoms with E-state index in [2.05, 4.69) is 38.3 Å². The van der Waals surface area contributed by atoms with Crippen LogP contribution in [0.4, 0.5) is 0 Å². The molecule has 104 valence electrons. The van der Waals surface area contributed by atoms with Crippen LogP contribution < -0.4 is 5.32 Å². The Morgan fingerprint density at radius 2 is 2.15 bits per heavy atom. The highest BCUT2D eigenvalue weighted by atomic mass is 15.2. The van der Waals surface area contributed by atoms with Crippen molar-refractivity contribution >= 4 is 11.0 Å². The number of nitrogens with zero attached hydrogens (tertiary/aromatic N) is 4. The lowest BCUT2D eigenvalue weighted by Gasteiger charge is -2.16. The van der Waals surface area contributed by atoms with Gasteiger partial charge >= 0.3 is 0 Å². The minimum absolute atomic E-state index is 0.358. The molecule has 0 aliphatic carbocycles. The SMILES string of the molecule is CNC(Cc1cnn(C)c1)Cn1cnc2ccccc21. The summed E-state index contributed by atoms with van der Waals surface area (Å²) in [6, 6.07) is 8.58. The number of aryl methyl sites for hydroxylation is 1. The van der Waals surface area contributed by atoms with Gasteiger partial charge in [-0.15, -0.1) is 0 Å². The third-order valence-corrected chi connectivity index (χ3v) is 3.59. The standard InChI is InChI=1S/C15H19N5/c1-16-13(7-12-8-18-19(2)9-12)10-20-11-17-14-5-3-4-6-15(14)20/h3-6,8-9,11,13,16H,7,10H2,1-2H3. The molecule has 1 aromatic carbocycles. The van der Waals surface area contributed by atoms with Crippen LogP contribution in [0.15, 0.2) is 43.0 Å². The van der Waals surface area contributed by atoms with Crippen molar-refractivity contribution in [1.82, 2.24) is 24.6 Å². The molecule has 0 saturated carbocycles. The first-order valence-electron chi connectivity index (χ1n) is 6.81. The van der Waals surface area contributed by atoms with Gasteiger partial charge in [0.15, 0.2) is 0 Å². The Labute approximate surface area is 118 Å². The van der Waals surface area contributed by atoms with Gasteiger partial charge in [-0.2, -0.15) is 5.10 Å². The van der Waals surface area contributed by atoms with Crippen LogP contribution in [0.1, 0.15) is 5.56 Å². The number of fused-ring (bicyclic) bond motifs is 1. The third kappa shape index (κ3) is 2.58. The molecule has 0 amide bonds. The van der Waals surface area contributed by atoms with Crippen molar-refractivity contribution in [3.8, 4) is 0 Å². The lowest BCUT2D eigenvalue weighted by molar-refractivity contribution is 0.484. The minimum atomic E-state index is 0.358. The fraction of sp³-hybridized carbons (Fsp3) is 0.333. The van der Waals surface area contributed by atoms with Gasteiger partial charge in [-0.05, 0) is 31.2 Å². The van der Waals surface area contributed by atoms with E-state index in [4.69, 9.17) is 0 Å². The third-order valence-electron chi connectivity index (χ3n) is 3.59. The summed E-state index contributed by atoms with van der Waals surface area (Å²) in [4.78, 5) is 4.44. The number of imidazole rings is 1. The molecule has 2 heterocycles. The lowest BCUT2D eigenvalue weighted by Crippen LogP contribution is -2.32. The summed E-state index contributed by atoms with van der Waals surface area (Å²) < 4.78 is 4.04. The fourth-order valence-corrected chi connectivity index (χ4v) is 2.51. The highest BCUT2D eigenvalue weighted by Crippen LogP contribution is 2.13. The van der Waals surface area contributed by atoms with Gasteiger partial charge < -0.3 is 9.88 Å². The van der Waals surface area contributed by atoms with Gasteiger partial charge in [0.05, 0.1) is 23.6 Å². The van der Waals surface area contributed by atoms with Crippen molar-refractivity contribution in [2.75, 3.05) is 7.05 Å². The fourth-order valence-electron chi connectivity index (χ4n) is 2.51. The first kappa shape index (κ1) is 12.9. The predicted octanol–water partition coefficient (Wildman–Crippen LogP) is 1.60. The second-order valence-corrected chi connectivity index (χ2v) is 5.10. The van der Waals surface area contributed by atoms with Crippen LogP contribution >= 0.6 is 0 Å². The molecule has 3 aromatic rings. The van der Waals surface area contributed by atoms with Gasteiger partial charge in [-0.3, -0.25) is 4.68 Å². The zero-order chi connectivity index (χ0) is 13.9. The highest BCUT2D eigenvalue weighted by molar-refractivity contribution is 5.74. The van der Waals surface area contributed by atoms with E-state index >= 15 is 0 Å². The summed E-state index contributed by atoms with van der Waals surface area (Å²) in [5, 5.41) is 7.60. The average molecular weight is 269 g/mol. The molecule has 1 unspecified atom stereocenters. The Morgan fingerprint density at radius 3 is 2.90 bits per heavy atom. The zero-order valence-electron chi connectivity index (χ0n) is 11.8. The molecule has 2 aromatic heterocycles. The first-order chi connectivity index (χ1) is 9.76. The van der Waals surface area contributed by atoms with Crippen molar-refractivity contribution in [3.63, 3.8) is 0 Å². The number of hydrogen-bond donors (Lipinski definition) is 1. The van der Waals surface area contributed by atoms with Crippen molar-refractivity contribution in [2.24, 2.45) is 7.05 Å². The van der Waals surface area contributed by atoms with E-state index in [1.807, 2.05) is 43.4 Å². The molecule has 0 radical (unpaired) electrons.